The van der Waals surface area contributed by atoms with E-state index in [9.17, 15) is 13.6 Å². The fourth-order valence-corrected chi connectivity index (χ4v) is 5.07. The first-order chi connectivity index (χ1) is 16.2. The molecule has 1 aliphatic rings. The number of rotatable bonds is 7. The fraction of sp³-hybridized carbons (Fsp3) is 0.407. The van der Waals surface area contributed by atoms with Gasteiger partial charge < -0.3 is 10.1 Å². The van der Waals surface area contributed by atoms with Crippen LogP contribution in [0, 0.1) is 23.0 Å². The van der Waals surface area contributed by atoms with Crippen molar-refractivity contribution in [1.29, 1.82) is 0 Å². The van der Waals surface area contributed by atoms with Crippen LogP contribution >= 0.6 is 0 Å². The minimum absolute atomic E-state index is 0.0638. The quantitative estimate of drug-likeness (QED) is 0.483. The predicted octanol–water partition coefficient (Wildman–Crippen LogP) is 5.73. The molecule has 4 rings (SSSR count). The van der Waals surface area contributed by atoms with Crippen molar-refractivity contribution in [2.24, 2.45) is 11.3 Å². The van der Waals surface area contributed by atoms with E-state index in [0.717, 1.165) is 19.3 Å². The molecule has 2 atom stereocenters. The molecule has 3 aromatic rings. The van der Waals surface area contributed by atoms with Gasteiger partial charge in [0.05, 0.1) is 6.54 Å². The lowest BCUT2D eigenvalue weighted by atomic mass is 9.70. The van der Waals surface area contributed by atoms with Gasteiger partial charge in [-0.3, -0.25) is 9.48 Å². The molecule has 1 aromatic heterocycles. The molecule has 0 aliphatic heterocycles. The van der Waals surface area contributed by atoms with E-state index < -0.39 is 0 Å². The van der Waals surface area contributed by atoms with Crippen LogP contribution in [0.15, 0.2) is 54.7 Å². The van der Waals surface area contributed by atoms with Crippen molar-refractivity contribution in [1.82, 2.24) is 15.1 Å². The number of benzene rings is 2. The van der Waals surface area contributed by atoms with E-state index in [0.29, 0.717) is 22.6 Å². The van der Waals surface area contributed by atoms with Crippen molar-refractivity contribution in [2.45, 2.75) is 59.2 Å². The van der Waals surface area contributed by atoms with Gasteiger partial charge in [0.15, 0.2) is 0 Å². The summed E-state index contributed by atoms with van der Waals surface area (Å²) < 4.78 is 34.6. The molecule has 1 aliphatic carbocycles. The van der Waals surface area contributed by atoms with Crippen molar-refractivity contribution >= 4 is 5.91 Å². The molecule has 0 radical (unpaired) electrons. The molecular weight excluding hydrogens is 436 g/mol. The number of carbonyl (C=O) groups excluding carboxylic acids is 1. The third-order valence-electron chi connectivity index (χ3n) is 6.19. The summed E-state index contributed by atoms with van der Waals surface area (Å²) >= 11 is 0. The number of nitrogens with zero attached hydrogens (tertiary/aromatic N) is 2. The molecule has 2 aromatic carbocycles. The molecule has 1 fully saturated rings. The van der Waals surface area contributed by atoms with Crippen molar-refractivity contribution in [2.75, 3.05) is 0 Å². The molecule has 1 amide bonds. The lowest BCUT2D eigenvalue weighted by molar-refractivity contribution is 0.0870. The predicted molar refractivity (Wildman–Crippen MR) is 127 cm³/mol. The SMILES string of the molecule is CC1CC(NC(=O)c2cn(Cc3cccc(F)c3)nc2OCc2cccc(F)c2)CC(C)(C)C1. The summed E-state index contributed by atoms with van der Waals surface area (Å²) in [6.07, 6.45) is 4.58. The molecule has 1 N–H and O–H groups in total. The minimum atomic E-state index is -0.357. The summed E-state index contributed by atoms with van der Waals surface area (Å²) in [5.41, 5.74) is 1.82. The van der Waals surface area contributed by atoms with E-state index in [-0.39, 0.29) is 48.0 Å². The van der Waals surface area contributed by atoms with Gasteiger partial charge in [-0.25, -0.2) is 8.78 Å². The average Bonchev–Trinajstić information content (AvgIpc) is 3.13. The first-order valence-corrected chi connectivity index (χ1v) is 11.7. The van der Waals surface area contributed by atoms with Gasteiger partial charge in [0.2, 0.25) is 5.88 Å². The molecule has 0 spiro atoms. The summed E-state index contributed by atoms with van der Waals surface area (Å²) in [7, 11) is 0. The first-order valence-electron chi connectivity index (χ1n) is 11.7. The van der Waals surface area contributed by atoms with Gasteiger partial charge in [-0.1, -0.05) is 45.0 Å². The Balaban J connectivity index is 1.55. The Kier molecular flexibility index (Phi) is 7.00. The van der Waals surface area contributed by atoms with E-state index in [1.54, 1.807) is 35.1 Å². The fourth-order valence-electron chi connectivity index (χ4n) is 5.07. The summed E-state index contributed by atoms with van der Waals surface area (Å²) in [6, 6.07) is 12.4. The van der Waals surface area contributed by atoms with Crippen LogP contribution in [0.4, 0.5) is 8.78 Å². The zero-order chi connectivity index (χ0) is 24.3. The summed E-state index contributed by atoms with van der Waals surface area (Å²) in [5.74, 6) is -0.256. The normalized spacial score (nSPS) is 19.6. The summed E-state index contributed by atoms with van der Waals surface area (Å²) in [5, 5.41) is 7.61. The van der Waals surface area contributed by atoms with Crippen LogP contribution in [0.25, 0.3) is 0 Å². The number of aromatic nitrogens is 2. The van der Waals surface area contributed by atoms with Gasteiger partial charge >= 0.3 is 0 Å². The number of halogens is 2. The second kappa shape index (κ2) is 9.95. The molecule has 7 heteroatoms. The molecule has 0 bridgehead atoms. The number of hydrogen-bond acceptors (Lipinski definition) is 3. The Bertz CT molecular complexity index is 1160. The zero-order valence-electron chi connectivity index (χ0n) is 19.9. The molecule has 1 heterocycles. The van der Waals surface area contributed by atoms with Crippen molar-refractivity contribution in [3.05, 3.63) is 83.1 Å². The average molecular weight is 468 g/mol. The summed E-state index contributed by atoms with van der Waals surface area (Å²) in [6.45, 7) is 7.03. The maximum atomic E-state index is 13.6. The molecule has 34 heavy (non-hydrogen) atoms. The second-order valence-electron chi connectivity index (χ2n) is 10.2. The van der Waals surface area contributed by atoms with Crippen LogP contribution in [0.3, 0.4) is 0 Å². The van der Waals surface area contributed by atoms with E-state index >= 15 is 0 Å². The van der Waals surface area contributed by atoms with Crippen molar-refractivity contribution < 1.29 is 18.3 Å². The Morgan fingerprint density at radius 3 is 2.47 bits per heavy atom. The molecule has 1 saturated carbocycles. The van der Waals surface area contributed by atoms with Crippen LogP contribution in [0.5, 0.6) is 5.88 Å². The molecule has 0 saturated heterocycles. The Labute approximate surface area is 199 Å². The first kappa shape index (κ1) is 23.9. The van der Waals surface area contributed by atoms with Crippen molar-refractivity contribution in [3.8, 4) is 5.88 Å². The van der Waals surface area contributed by atoms with Crippen LogP contribution < -0.4 is 10.1 Å². The smallest absolute Gasteiger partial charge is 0.258 e. The number of nitrogens with one attached hydrogen (secondary N) is 1. The molecule has 2 unspecified atom stereocenters. The highest BCUT2D eigenvalue weighted by Crippen LogP contribution is 2.38. The monoisotopic (exact) mass is 467 g/mol. The zero-order valence-corrected chi connectivity index (χ0v) is 19.9. The highest BCUT2D eigenvalue weighted by atomic mass is 19.1. The number of carbonyl (C=O) groups is 1. The minimum Gasteiger partial charge on any atom is -0.471 e. The van der Waals surface area contributed by atoms with Crippen LogP contribution in [-0.4, -0.2) is 21.7 Å². The van der Waals surface area contributed by atoms with E-state index in [4.69, 9.17) is 4.74 Å². The third-order valence-corrected chi connectivity index (χ3v) is 6.19. The van der Waals surface area contributed by atoms with Gasteiger partial charge in [0.1, 0.15) is 23.8 Å². The third kappa shape index (κ3) is 6.22. The van der Waals surface area contributed by atoms with E-state index in [2.05, 4.69) is 31.2 Å². The number of amides is 1. The molecular formula is C27H31F2N3O2. The highest BCUT2D eigenvalue weighted by molar-refractivity contribution is 5.96. The topological polar surface area (TPSA) is 56.2 Å². The number of hydrogen-bond donors (Lipinski definition) is 1. The Hall–Kier alpha value is -3.22. The lowest BCUT2D eigenvalue weighted by Crippen LogP contribution is -2.43. The maximum absolute atomic E-state index is 13.6. The highest BCUT2D eigenvalue weighted by Gasteiger charge is 2.33. The summed E-state index contributed by atoms with van der Waals surface area (Å²) in [4.78, 5) is 13.3. The van der Waals surface area contributed by atoms with Gasteiger partial charge in [-0.05, 0) is 66.0 Å². The van der Waals surface area contributed by atoms with Gasteiger partial charge in [-0.2, -0.15) is 0 Å². The van der Waals surface area contributed by atoms with Gasteiger partial charge in [0.25, 0.3) is 5.91 Å². The second-order valence-corrected chi connectivity index (χ2v) is 10.2. The molecule has 5 nitrogen and oxygen atoms in total. The van der Waals surface area contributed by atoms with E-state index in [1.165, 1.54) is 24.3 Å². The Morgan fingerprint density at radius 2 is 1.79 bits per heavy atom. The number of ether oxygens (including phenoxy) is 1. The van der Waals surface area contributed by atoms with Crippen molar-refractivity contribution in [3.63, 3.8) is 0 Å². The van der Waals surface area contributed by atoms with Crippen LogP contribution in [0.1, 0.15) is 61.5 Å². The van der Waals surface area contributed by atoms with Crippen LogP contribution in [0.2, 0.25) is 0 Å². The lowest BCUT2D eigenvalue weighted by Gasteiger charge is -2.39. The largest absolute Gasteiger partial charge is 0.471 e. The standard InChI is InChI=1S/C27H31F2N3O2/c1-18-10-23(14-27(2,3)13-18)30-25(33)24-16-32(15-19-6-4-8-21(28)11-19)31-26(24)34-17-20-7-5-9-22(29)12-20/h4-9,11-12,16,18,23H,10,13-15,17H2,1-3H3,(H,30,33). The van der Waals surface area contributed by atoms with Gasteiger partial charge in [0, 0.05) is 12.2 Å². The molecule has 180 valence electrons. The van der Waals surface area contributed by atoms with E-state index in [1.807, 2.05) is 0 Å². The Morgan fingerprint density at radius 1 is 1.12 bits per heavy atom. The maximum Gasteiger partial charge on any atom is 0.258 e. The van der Waals surface area contributed by atoms with Gasteiger partial charge in [-0.15, -0.1) is 5.10 Å². The van der Waals surface area contributed by atoms with Crippen LogP contribution in [-0.2, 0) is 13.2 Å².